The fourth-order valence-corrected chi connectivity index (χ4v) is 1.94. The van der Waals surface area contributed by atoms with Gasteiger partial charge in [0.05, 0.1) is 0 Å². The van der Waals surface area contributed by atoms with Crippen molar-refractivity contribution in [1.82, 2.24) is 5.32 Å². The Morgan fingerprint density at radius 2 is 2.00 bits per heavy atom. The van der Waals surface area contributed by atoms with Crippen LogP contribution in [-0.4, -0.2) is 12.2 Å². The van der Waals surface area contributed by atoms with E-state index in [1.165, 1.54) is 11.1 Å². The first-order valence-electron chi connectivity index (χ1n) is 5.06. The molecule has 1 fully saturated rings. The van der Waals surface area contributed by atoms with Gasteiger partial charge in [-0.15, -0.1) is 0 Å². The quantitative estimate of drug-likeness (QED) is 0.723. The Kier molecular flexibility index (Phi) is 2.31. The smallest absolute Gasteiger partial charge is 0.122 e. The zero-order chi connectivity index (χ0) is 10.2. The summed E-state index contributed by atoms with van der Waals surface area (Å²) in [7, 11) is 0. The molecule has 0 spiro atoms. The molecular weight excluding hydrogens is 177 g/mol. The molecule has 2 unspecified atom stereocenters. The molecule has 2 atom stereocenters. The highest BCUT2D eigenvalue weighted by atomic mass is 19.1. The van der Waals surface area contributed by atoms with Crippen LogP contribution in [-0.2, 0) is 0 Å². The van der Waals surface area contributed by atoms with Crippen LogP contribution in [0.3, 0.4) is 0 Å². The molecule has 0 amide bonds. The lowest BCUT2D eigenvalue weighted by Crippen LogP contribution is -2.20. The van der Waals surface area contributed by atoms with E-state index < -0.39 is 5.67 Å². The largest absolute Gasteiger partial charge is 0.307 e. The number of halogens is 1. The van der Waals surface area contributed by atoms with Gasteiger partial charge in [0.2, 0.25) is 0 Å². The lowest BCUT2D eigenvalue weighted by Gasteiger charge is -2.12. The van der Waals surface area contributed by atoms with E-state index in [2.05, 4.69) is 36.5 Å². The SMILES string of the molecule is Cc1ccc(C2CC(C)(F)CN2)cc1. The summed E-state index contributed by atoms with van der Waals surface area (Å²) in [6.45, 7) is 4.19. The maximum atomic E-state index is 13.6. The van der Waals surface area contributed by atoms with Crippen molar-refractivity contribution in [1.29, 1.82) is 0 Å². The predicted octanol–water partition coefficient (Wildman–Crippen LogP) is 2.76. The highest BCUT2D eigenvalue weighted by Crippen LogP contribution is 2.32. The van der Waals surface area contributed by atoms with Crippen LogP contribution >= 0.6 is 0 Å². The van der Waals surface area contributed by atoms with Crippen LogP contribution in [0.15, 0.2) is 24.3 Å². The maximum absolute atomic E-state index is 13.6. The van der Waals surface area contributed by atoms with Crippen molar-refractivity contribution in [3.63, 3.8) is 0 Å². The second-order valence-electron chi connectivity index (χ2n) is 4.46. The minimum atomic E-state index is -1.05. The number of hydrogen-bond donors (Lipinski definition) is 1. The van der Waals surface area contributed by atoms with Crippen molar-refractivity contribution in [2.75, 3.05) is 6.54 Å². The van der Waals surface area contributed by atoms with Gasteiger partial charge in [0.25, 0.3) is 0 Å². The first kappa shape index (κ1) is 9.66. The normalized spacial score (nSPS) is 32.1. The van der Waals surface area contributed by atoms with Gasteiger partial charge in [0.1, 0.15) is 5.67 Å². The Morgan fingerprint density at radius 1 is 1.36 bits per heavy atom. The molecule has 0 radical (unpaired) electrons. The number of benzene rings is 1. The Labute approximate surface area is 84.3 Å². The fourth-order valence-electron chi connectivity index (χ4n) is 1.94. The van der Waals surface area contributed by atoms with E-state index in [-0.39, 0.29) is 6.04 Å². The van der Waals surface area contributed by atoms with Gasteiger partial charge in [-0.05, 0) is 19.4 Å². The molecule has 1 aromatic carbocycles. The minimum absolute atomic E-state index is 0.186. The van der Waals surface area contributed by atoms with Crippen LogP contribution < -0.4 is 5.32 Å². The fraction of sp³-hybridized carbons (Fsp3) is 0.500. The van der Waals surface area contributed by atoms with E-state index in [1.807, 2.05) is 0 Å². The standard InChI is InChI=1S/C12H16FN/c1-9-3-5-10(6-4-9)11-7-12(2,13)8-14-11/h3-6,11,14H,7-8H2,1-2H3. The van der Waals surface area contributed by atoms with E-state index in [9.17, 15) is 4.39 Å². The van der Waals surface area contributed by atoms with E-state index in [0.29, 0.717) is 13.0 Å². The van der Waals surface area contributed by atoms with Crippen LogP contribution in [0.2, 0.25) is 0 Å². The average Bonchev–Trinajstić information content (AvgIpc) is 2.47. The second-order valence-corrected chi connectivity index (χ2v) is 4.46. The molecule has 0 aliphatic carbocycles. The molecule has 76 valence electrons. The highest BCUT2D eigenvalue weighted by molar-refractivity contribution is 5.25. The molecule has 14 heavy (non-hydrogen) atoms. The molecule has 1 N–H and O–H groups in total. The molecule has 0 bridgehead atoms. The summed E-state index contributed by atoms with van der Waals surface area (Å²) in [5.41, 5.74) is 1.39. The first-order valence-corrected chi connectivity index (χ1v) is 5.06. The van der Waals surface area contributed by atoms with Gasteiger partial charge < -0.3 is 5.32 Å². The molecule has 1 aliphatic rings. The van der Waals surface area contributed by atoms with Crippen molar-refractivity contribution in [2.24, 2.45) is 0 Å². The Bertz CT molecular complexity index is 316. The molecule has 1 aliphatic heterocycles. The van der Waals surface area contributed by atoms with Gasteiger partial charge in [-0.25, -0.2) is 4.39 Å². The molecule has 2 heteroatoms. The van der Waals surface area contributed by atoms with Gasteiger partial charge in [-0.2, -0.15) is 0 Å². The summed E-state index contributed by atoms with van der Waals surface area (Å²) in [6.07, 6.45) is 0.579. The third-order valence-electron chi connectivity index (χ3n) is 2.83. The van der Waals surface area contributed by atoms with Gasteiger partial charge in [-0.1, -0.05) is 29.8 Å². The van der Waals surface area contributed by atoms with Crippen LogP contribution in [0, 0.1) is 6.92 Å². The van der Waals surface area contributed by atoms with Crippen molar-refractivity contribution in [3.8, 4) is 0 Å². The van der Waals surface area contributed by atoms with Crippen LogP contribution in [0.4, 0.5) is 4.39 Å². The molecule has 1 nitrogen and oxygen atoms in total. The van der Waals surface area contributed by atoms with Gasteiger partial charge in [0.15, 0.2) is 0 Å². The molecule has 0 aromatic heterocycles. The Hall–Kier alpha value is -0.890. The van der Waals surface area contributed by atoms with Crippen molar-refractivity contribution >= 4 is 0 Å². The number of alkyl halides is 1. The molecule has 0 saturated carbocycles. The highest BCUT2D eigenvalue weighted by Gasteiger charge is 2.35. The number of aryl methyl sites for hydroxylation is 1. The monoisotopic (exact) mass is 193 g/mol. The minimum Gasteiger partial charge on any atom is -0.307 e. The summed E-state index contributed by atoms with van der Waals surface area (Å²) in [5.74, 6) is 0. The van der Waals surface area contributed by atoms with E-state index >= 15 is 0 Å². The van der Waals surface area contributed by atoms with Crippen molar-refractivity contribution in [2.45, 2.75) is 32.0 Å². The average molecular weight is 193 g/mol. The summed E-state index contributed by atoms with van der Waals surface area (Å²) in [6, 6.07) is 8.49. The number of hydrogen-bond acceptors (Lipinski definition) is 1. The maximum Gasteiger partial charge on any atom is 0.122 e. The van der Waals surface area contributed by atoms with Crippen LogP contribution in [0.1, 0.15) is 30.5 Å². The van der Waals surface area contributed by atoms with E-state index in [0.717, 1.165) is 0 Å². The number of rotatable bonds is 1. The molecule has 1 heterocycles. The lowest BCUT2D eigenvalue weighted by molar-refractivity contribution is 0.214. The summed E-state index contributed by atoms with van der Waals surface area (Å²) < 4.78 is 13.6. The molecule has 1 saturated heterocycles. The third kappa shape index (κ3) is 1.95. The zero-order valence-corrected chi connectivity index (χ0v) is 8.68. The zero-order valence-electron chi connectivity index (χ0n) is 8.68. The molecule has 1 aromatic rings. The van der Waals surface area contributed by atoms with E-state index in [4.69, 9.17) is 0 Å². The number of nitrogens with one attached hydrogen (secondary N) is 1. The first-order chi connectivity index (χ1) is 6.57. The van der Waals surface area contributed by atoms with Crippen LogP contribution in [0.25, 0.3) is 0 Å². The molecular formula is C12H16FN. The lowest BCUT2D eigenvalue weighted by atomic mass is 9.99. The van der Waals surface area contributed by atoms with Crippen LogP contribution in [0.5, 0.6) is 0 Å². The topological polar surface area (TPSA) is 12.0 Å². The second kappa shape index (κ2) is 3.35. The van der Waals surface area contributed by atoms with Crippen molar-refractivity contribution in [3.05, 3.63) is 35.4 Å². The Morgan fingerprint density at radius 3 is 2.50 bits per heavy atom. The summed E-state index contributed by atoms with van der Waals surface area (Å²) in [4.78, 5) is 0. The van der Waals surface area contributed by atoms with Gasteiger partial charge >= 0.3 is 0 Å². The van der Waals surface area contributed by atoms with Gasteiger partial charge in [0, 0.05) is 19.0 Å². The van der Waals surface area contributed by atoms with E-state index in [1.54, 1.807) is 6.92 Å². The van der Waals surface area contributed by atoms with Gasteiger partial charge in [-0.3, -0.25) is 0 Å². The summed E-state index contributed by atoms with van der Waals surface area (Å²) >= 11 is 0. The predicted molar refractivity (Wildman–Crippen MR) is 56.1 cm³/mol. The van der Waals surface area contributed by atoms with Crippen molar-refractivity contribution < 1.29 is 4.39 Å². The Balaban J connectivity index is 2.14. The summed E-state index contributed by atoms with van der Waals surface area (Å²) in [5, 5.41) is 3.21. The molecule has 2 rings (SSSR count). The third-order valence-corrected chi connectivity index (χ3v) is 2.83.